The highest BCUT2D eigenvalue weighted by atomic mass is 32.2. The summed E-state index contributed by atoms with van der Waals surface area (Å²) in [6.07, 6.45) is 0.316. The molecule has 0 atom stereocenters. The number of amides is 1. The maximum atomic E-state index is 13.1. The normalized spacial score (nSPS) is 13.3. The number of aromatic nitrogens is 2. The van der Waals surface area contributed by atoms with Crippen LogP contribution < -0.4 is 20.7 Å². The van der Waals surface area contributed by atoms with E-state index >= 15 is 0 Å². The van der Waals surface area contributed by atoms with Gasteiger partial charge in [0.1, 0.15) is 5.75 Å². The van der Waals surface area contributed by atoms with Gasteiger partial charge in [-0.3, -0.25) is 19.3 Å². The fraction of sp³-hybridized carbons (Fsp3) is 0.227. The average molecular weight is 471 g/mol. The van der Waals surface area contributed by atoms with Crippen LogP contribution in [0.4, 0.5) is 5.69 Å². The van der Waals surface area contributed by atoms with Crippen molar-refractivity contribution in [3.05, 3.63) is 85.7 Å². The number of benzene rings is 2. The molecule has 0 spiro atoms. The van der Waals surface area contributed by atoms with Gasteiger partial charge in [-0.15, -0.1) is 0 Å². The zero-order valence-corrected chi connectivity index (χ0v) is 18.8. The molecule has 1 aliphatic heterocycles. The first kappa shape index (κ1) is 22.3. The first-order valence-electron chi connectivity index (χ1n) is 10.1. The van der Waals surface area contributed by atoms with Crippen molar-refractivity contribution in [3.63, 3.8) is 0 Å². The minimum absolute atomic E-state index is 0.0142. The van der Waals surface area contributed by atoms with Crippen LogP contribution in [0.25, 0.3) is 0 Å². The monoisotopic (exact) mass is 470 g/mol. The van der Waals surface area contributed by atoms with Crippen LogP contribution in [0.5, 0.6) is 5.75 Å². The average Bonchev–Trinajstić information content (AvgIpc) is 2.79. The summed E-state index contributed by atoms with van der Waals surface area (Å²) in [5.74, 6) is 0.180. The molecule has 4 rings (SSSR count). The van der Waals surface area contributed by atoms with E-state index in [1.165, 1.54) is 18.1 Å². The van der Waals surface area contributed by atoms with Crippen molar-refractivity contribution in [1.29, 1.82) is 0 Å². The Bertz CT molecular complexity index is 1440. The van der Waals surface area contributed by atoms with Crippen molar-refractivity contribution in [1.82, 2.24) is 14.9 Å². The SMILES string of the molecule is COc1ccc(NS(=O)(=O)c2cc(C(=O)N3CCc4[nH]c(=O)[nH]c(=O)c4C3)ccc2C)cc1. The fourth-order valence-electron chi connectivity index (χ4n) is 3.70. The maximum absolute atomic E-state index is 13.1. The summed E-state index contributed by atoms with van der Waals surface area (Å²) in [5.41, 5.74) is 0.704. The number of hydrogen-bond acceptors (Lipinski definition) is 6. The van der Waals surface area contributed by atoms with Crippen LogP contribution >= 0.6 is 0 Å². The van der Waals surface area contributed by atoms with E-state index in [0.717, 1.165) is 0 Å². The largest absolute Gasteiger partial charge is 0.497 e. The fourth-order valence-corrected chi connectivity index (χ4v) is 5.03. The highest BCUT2D eigenvalue weighted by Gasteiger charge is 2.26. The number of ether oxygens (including phenoxy) is 1. The molecule has 3 N–H and O–H groups in total. The predicted molar refractivity (Wildman–Crippen MR) is 121 cm³/mol. The molecular weight excluding hydrogens is 448 g/mol. The van der Waals surface area contributed by atoms with E-state index in [9.17, 15) is 22.8 Å². The van der Waals surface area contributed by atoms with Crippen molar-refractivity contribution in [2.24, 2.45) is 0 Å². The molecule has 1 aliphatic rings. The number of fused-ring (bicyclic) bond motifs is 1. The number of rotatable bonds is 5. The lowest BCUT2D eigenvalue weighted by Gasteiger charge is -2.28. The Morgan fingerprint density at radius 1 is 1.09 bits per heavy atom. The third kappa shape index (κ3) is 4.53. The molecule has 11 heteroatoms. The lowest BCUT2D eigenvalue weighted by Crippen LogP contribution is -2.41. The van der Waals surface area contributed by atoms with Crippen molar-refractivity contribution in [2.45, 2.75) is 24.8 Å². The molecule has 0 saturated heterocycles. The Balaban J connectivity index is 1.60. The Kier molecular flexibility index (Phi) is 5.81. The van der Waals surface area contributed by atoms with Gasteiger partial charge in [0.15, 0.2) is 0 Å². The van der Waals surface area contributed by atoms with Crippen molar-refractivity contribution in [2.75, 3.05) is 18.4 Å². The summed E-state index contributed by atoms with van der Waals surface area (Å²) < 4.78 is 33.6. The summed E-state index contributed by atoms with van der Waals surface area (Å²) in [6.45, 7) is 1.94. The number of carbonyl (C=O) groups excluding carboxylic acids is 1. The zero-order chi connectivity index (χ0) is 23.8. The quantitative estimate of drug-likeness (QED) is 0.514. The number of H-pyrrole nitrogens is 2. The van der Waals surface area contributed by atoms with Gasteiger partial charge in [-0.1, -0.05) is 6.07 Å². The van der Waals surface area contributed by atoms with Crippen LogP contribution in [0.3, 0.4) is 0 Å². The Labute approximate surface area is 189 Å². The van der Waals surface area contributed by atoms with Gasteiger partial charge in [-0.2, -0.15) is 0 Å². The van der Waals surface area contributed by atoms with E-state index in [1.54, 1.807) is 43.3 Å². The summed E-state index contributed by atoms with van der Waals surface area (Å²) in [7, 11) is -2.45. The lowest BCUT2D eigenvalue weighted by atomic mass is 10.1. The van der Waals surface area contributed by atoms with E-state index in [4.69, 9.17) is 4.74 Å². The van der Waals surface area contributed by atoms with Gasteiger partial charge in [0.05, 0.1) is 24.1 Å². The van der Waals surface area contributed by atoms with E-state index in [2.05, 4.69) is 14.7 Å². The third-order valence-electron chi connectivity index (χ3n) is 5.46. The van der Waals surface area contributed by atoms with Crippen LogP contribution in [-0.4, -0.2) is 42.8 Å². The molecule has 33 heavy (non-hydrogen) atoms. The molecule has 0 aliphatic carbocycles. The van der Waals surface area contributed by atoms with Gasteiger partial charge >= 0.3 is 5.69 Å². The van der Waals surface area contributed by atoms with E-state index in [0.29, 0.717) is 34.7 Å². The van der Waals surface area contributed by atoms with Gasteiger partial charge < -0.3 is 14.6 Å². The number of nitrogens with zero attached hydrogens (tertiary/aromatic N) is 1. The summed E-state index contributed by atoms with van der Waals surface area (Å²) in [4.78, 5) is 42.9. The Morgan fingerprint density at radius 2 is 1.82 bits per heavy atom. The van der Waals surface area contributed by atoms with Gasteiger partial charge in [0, 0.05) is 29.9 Å². The number of aromatic amines is 2. The van der Waals surface area contributed by atoms with Gasteiger partial charge in [0.2, 0.25) is 0 Å². The minimum atomic E-state index is -3.97. The number of nitrogens with one attached hydrogen (secondary N) is 3. The summed E-state index contributed by atoms with van der Waals surface area (Å²) >= 11 is 0. The first-order valence-corrected chi connectivity index (χ1v) is 11.6. The first-order chi connectivity index (χ1) is 15.7. The molecule has 2 heterocycles. The smallest absolute Gasteiger partial charge is 0.325 e. The molecule has 1 amide bonds. The molecular formula is C22H22N4O6S. The van der Waals surface area contributed by atoms with Crippen molar-refractivity contribution in [3.8, 4) is 5.75 Å². The van der Waals surface area contributed by atoms with Crippen LogP contribution in [0, 0.1) is 6.92 Å². The van der Waals surface area contributed by atoms with Crippen molar-refractivity contribution < 1.29 is 17.9 Å². The summed E-state index contributed by atoms with van der Waals surface area (Å²) in [6, 6.07) is 10.9. The Hall–Kier alpha value is -3.86. The zero-order valence-electron chi connectivity index (χ0n) is 18.0. The Morgan fingerprint density at radius 3 is 2.52 bits per heavy atom. The number of carbonyl (C=O) groups is 1. The molecule has 1 aromatic heterocycles. The molecule has 0 bridgehead atoms. The van der Waals surface area contributed by atoms with E-state index in [-0.39, 0.29) is 23.5 Å². The predicted octanol–water partition coefficient (Wildman–Crippen LogP) is 1.38. The van der Waals surface area contributed by atoms with Gasteiger partial charge in [-0.25, -0.2) is 13.2 Å². The van der Waals surface area contributed by atoms with Gasteiger partial charge in [0.25, 0.3) is 21.5 Å². The number of anilines is 1. The number of sulfonamides is 1. The molecule has 172 valence electrons. The second-order valence-electron chi connectivity index (χ2n) is 7.66. The molecule has 0 radical (unpaired) electrons. The second-order valence-corrected chi connectivity index (χ2v) is 9.31. The van der Waals surface area contributed by atoms with Crippen LogP contribution in [0.2, 0.25) is 0 Å². The molecule has 10 nitrogen and oxygen atoms in total. The summed E-state index contributed by atoms with van der Waals surface area (Å²) in [5, 5.41) is 0. The molecule has 2 aromatic carbocycles. The number of hydrogen-bond donors (Lipinski definition) is 3. The maximum Gasteiger partial charge on any atom is 0.325 e. The molecule has 0 saturated carbocycles. The standard InChI is InChI=1S/C22H22N4O6S/c1-13-3-4-14(11-19(13)33(30,31)25-15-5-7-16(32-2)8-6-15)21(28)26-10-9-18-17(12-26)20(27)24-22(29)23-18/h3-8,11,25H,9-10,12H2,1-2H3,(H2,23,24,27,29). The third-order valence-corrected chi connectivity index (χ3v) is 6.99. The molecule has 0 unspecified atom stereocenters. The highest BCUT2D eigenvalue weighted by Crippen LogP contribution is 2.24. The number of methoxy groups -OCH3 is 1. The topological polar surface area (TPSA) is 141 Å². The van der Waals surface area contributed by atoms with E-state index < -0.39 is 27.2 Å². The van der Waals surface area contributed by atoms with E-state index in [1.807, 2.05) is 0 Å². The van der Waals surface area contributed by atoms with Crippen molar-refractivity contribution >= 4 is 21.6 Å². The van der Waals surface area contributed by atoms with Crippen LogP contribution in [0.1, 0.15) is 27.2 Å². The molecule has 0 fully saturated rings. The van der Waals surface area contributed by atoms with Gasteiger partial charge in [-0.05, 0) is 48.9 Å². The lowest BCUT2D eigenvalue weighted by molar-refractivity contribution is 0.0732. The molecule has 3 aromatic rings. The van der Waals surface area contributed by atoms with Crippen LogP contribution in [0.15, 0.2) is 56.9 Å². The second kappa shape index (κ2) is 8.58. The van der Waals surface area contributed by atoms with Crippen LogP contribution in [-0.2, 0) is 23.0 Å². The highest BCUT2D eigenvalue weighted by molar-refractivity contribution is 7.92. The minimum Gasteiger partial charge on any atom is -0.497 e. The number of aryl methyl sites for hydroxylation is 1.